The summed E-state index contributed by atoms with van der Waals surface area (Å²) in [7, 11) is 1.89. The maximum absolute atomic E-state index is 6.48. The lowest BCUT2D eigenvalue weighted by atomic mass is 9.92. The van der Waals surface area contributed by atoms with E-state index in [1.54, 1.807) is 4.68 Å². The first kappa shape index (κ1) is 13.2. The first-order chi connectivity index (χ1) is 8.09. The van der Waals surface area contributed by atoms with Crippen LogP contribution in [0.2, 0.25) is 5.15 Å². The van der Waals surface area contributed by atoms with E-state index in [0.29, 0.717) is 11.3 Å². The molecule has 0 radical (unpaired) electrons. The molecular formula is C13H20Cl2N2. The summed E-state index contributed by atoms with van der Waals surface area (Å²) in [6.07, 6.45) is 7.23. The zero-order chi connectivity index (χ0) is 12.4. The van der Waals surface area contributed by atoms with Gasteiger partial charge in [-0.3, -0.25) is 4.68 Å². The standard InChI is InChI=1S/C13H20Cl2N2/c1-9-11(13(15)17(2)16-9)8-10-6-4-3-5-7-12(10)14/h10,12H,3-8H2,1-2H3. The highest BCUT2D eigenvalue weighted by atomic mass is 35.5. The summed E-state index contributed by atoms with van der Waals surface area (Å²) >= 11 is 12.8. The maximum atomic E-state index is 6.48. The number of hydrogen-bond acceptors (Lipinski definition) is 1. The van der Waals surface area contributed by atoms with Gasteiger partial charge in [-0.1, -0.05) is 30.9 Å². The SMILES string of the molecule is Cc1nn(C)c(Cl)c1CC1CCCCCC1Cl. The number of alkyl halides is 1. The summed E-state index contributed by atoms with van der Waals surface area (Å²) in [5.41, 5.74) is 2.23. The Balaban J connectivity index is 2.13. The quantitative estimate of drug-likeness (QED) is 0.586. The molecule has 4 heteroatoms. The van der Waals surface area contributed by atoms with Crippen LogP contribution in [0.5, 0.6) is 0 Å². The molecule has 0 aliphatic heterocycles. The van der Waals surface area contributed by atoms with Crippen molar-refractivity contribution in [1.29, 1.82) is 0 Å². The van der Waals surface area contributed by atoms with E-state index in [0.717, 1.165) is 23.7 Å². The van der Waals surface area contributed by atoms with Crippen molar-refractivity contribution in [3.8, 4) is 0 Å². The van der Waals surface area contributed by atoms with E-state index in [1.165, 1.54) is 31.2 Å². The van der Waals surface area contributed by atoms with Crippen LogP contribution >= 0.6 is 23.2 Å². The molecule has 1 fully saturated rings. The molecule has 0 saturated heterocycles. The van der Waals surface area contributed by atoms with Gasteiger partial charge in [-0.05, 0) is 32.1 Å². The number of rotatable bonds is 2. The topological polar surface area (TPSA) is 17.8 Å². The second-order valence-corrected chi connectivity index (χ2v) is 6.02. The van der Waals surface area contributed by atoms with Gasteiger partial charge in [0.25, 0.3) is 0 Å². The molecule has 1 heterocycles. The number of hydrogen-bond donors (Lipinski definition) is 0. The Labute approximate surface area is 113 Å². The molecule has 0 spiro atoms. The highest BCUT2D eigenvalue weighted by Crippen LogP contribution is 2.32. The molecule has 0 N–H and O–H groups in total. The van der Waals surface area contributed by atoms with Crippen molar-refractivity contribution in [2.45, 2.75) is 50.8 Å². The van der Waals surface area contributed by atoms with E-state index in [4.69, 9.17) is 23.2 Å². The third kappa shape index (κ3) is 2.97. The third-order valence-electron chi connectivity index (χ3n) is 3.80. The second kappa shape index (κ2) is 5.62. The minimum absolute atomic E-state index is 0.299. The molecule has 2 nitrogen and oxygen atoms in total. The van der Waals surface area contributed by atoms with Crippen LogP contribution in [0.1, 0.15) is 43.4 Å². The number of nitrogens with zero attached hydrogens (tertiary/aromatic N) is 2. The largest absolute Gasteiger partial charge is 0.257 e. The van der Waals surface area contributed by atoms with Gasteiger partial charge in [0.05, 0.1) is 5.69 Å². The molecule has 2 unspecified atom stereocenters. The third-order valence-corrected chi connectivity index (χ3v) is 4.85. The Bertz CT molecular complexity index is 387. The van der Waals surface area contributed by atoms with Gasteiger partial charge in [-0.2, -0.15) is 5.10 Å². The lowest BCUT2D eigenvalue weighted by molar-refractivity contribution is 0.464. The number of aryl methyl sites for hydroxylation is 2. The van der Waals surface area contributed by atoms with Crippen molar-refractivity contribution < 1.29 is 0 Å². The molecule has 0 aromatic carbocycles. The van der Waals surface area contributed by atoms with Crippen molar-refractivity contribution in [3.63, 3.8) is 0 Å². The van der Waals surface area contributed by atoms with E-state index in [9.17, 15) is 0 Å². The van der Waals surface area contributed by atoms with Gasteiger partial charge in [0, 0.05) is 18.0 Å². The van der Waals surface area contributed by atoms with Crippen molar-refractivity contribution in [2.75, 3.05) is 0 Å². The monoisotopic (exact) mass is 274 g/mol. The molecule has 2 rings (SSSR count). The van der Waals surface area contributed by atoms with Crippen LogP contribution in [0.3, 0.4) is 0 Å². The highest BCUT2D eigenvalue weighted by molar-refractivity contribution is 6.30. The lowest BCUT2D eigenvalue weighted by Crippen LogP contribution is -2.16. The maximum Gasteiger partial charge on any atom is 0.130 e. The van der Waals surface area contributed by atoms with E-state index >= 15 is 0 Å². The molecule has 17 heavy (non-hydrogen) atoms. The Morgan fingerprint density at radius 1 is 1.29 bits per heavy atom. The van der Waals surface area contributed by atoms with Crippen molar-refractivity contribution in [2.24, 2.45) is 13.0 Å². The number of halogens is 2. The van der Waals surface area contributed by atoms with Crippen molar-refractivity contribution in [3.05, 3.63) is 16.4 Å². The Kier molecular flexibility index (Phi) is 4.37. The van der Waals surface area contributed by atoms with E-state index in [1.807, 2.05) is 14.0 Å². The van der Waals surface area contributed by atoms with Gasteiger partial charge in [0.2, 0.25) is 0 Å². The van der Waals surface area contributed by atoms with Crippen molar-refractivity contribution in [1.82, 2.24) is 9.78 Å². The van der Waals surface area contributed by atoms with Gasteiger partial charge in [0.1, 0.15) is 5.15 Å². The molecule has 1 saturated carbocycles. The van der Waals surface area contributed by atoms with Gasteiger partial charge in [-0.25, -0.2) is 0 Å². The molecule has 1 aliphatic rings. The van der Waals surface area contributed by atoms with Crippen LogP contribution < -0.4 is 0 Å². The van der Waals surface area contributed by atoms with E-state index < -0.39 is 0 Å². The van der Waals surface area contributed by atoms with Crippen LogP contribution in [0.25, 0.3) is 0 Å². The van der Waals surface area contributed by atoms with Crippen LogP contribution in [-0.4, -0.2) is 15.2 Å². The summed E-state index contributed by atoms with van der Waals surface area (Å²) < 4.78 is 1.76. The van der Waals surface area contributed by atoms with E-state index in [2.05, 4.69) is 5.10 Å². The Hall–Kier alpha value is -0.210. The van der Waals surface area contributed by atoms with Crippen LogP contribution in [0, 0.1) is 12.8 Å². The fourth-order valence-corrected chi connectivity index (χ4v) is 3.36. The molecule has 0 amide bonds. The Morgan fingerprint density at radius 3 is 2.65 bits per heavy atom. The van der Waals surface area contributed by atoms with E-state index in [-0.39, 0.29) is 0 Å². The average Bonchev–Trinajstić information content (AvgIpc) is 2.45. The predicted molar refractivity (Wildman–Crippen MR) is 72.9 cm³/mol. The van der Waals surface area contributed by atoms with Gasteiger partial charge in [-0.15, -0.1) is 11.6 Å². The highest BCUT2D eigenvalue weighted by Gasteiger charge is 2.24. The average molecular weight is 275 g/mol. The zero-order valence-corrected chi connectivity index (χ0v) is 12.1. The Morgan fingerprint density at radius 2 is 2.00 bits per heavy atom. The fraction of sp³-hybridized carbons (Fsp3) is 0.769. The molecule has 1 aromatic heterocycles. The molecule has 1 aliphatic carbocycles. The summed E-state index contributed by atoms with van der Waals surface area (Å²) in [5.74, 6) is 0.555. The first-order valence-electron chi connectivity index (χ1n) is 6.41. The summed E-state index contributed by atoms with van der Waals surface area (Å²) in [5, 5.41) is 5.44. The smallest absolute Gasteiger partial charge is 0.130 e. The molecular weight excluding hydrogens is 255 g/mol. The zero-order valence-electron chi connectivity index (χ0n) is 10.5. The first-order valence-corrected chi connectivity index (χ1v) is 7.23. The van der Waals surface area contributed by atoms with Crippen LogP contribution in [0.4, 0.5) is 0 Å². The minimum atomic E-state index is 0.299. The minimum Gasteiger partial charge on any atom is -0.257 e. The van der Waals surface area contributed by atoms with Gasteiger partial charge < -0.3 is 0 Å². The molecule has 1 aromatic rings. The van der Waals surface area contributed by atoms with Gasteiger partial charge >= 0.3 is 0 Å². The fourth-order valence-electron chi connectivity index (χ4n) is 2.74. The predicted octanol–water partition coefficient (Wildman–Crippen LogP) is 4.11. The summed E-state index contributed by atoms with van der Waals surface area (Å²) in [6.45, 7) is 2.03. The lowest BCUT2D eigenvalue weighted by Gasteiger charge is -2.19. The summed E-state index contributed by atoms with van der Waals surface area (Å²) in [4.78, 5) is 0. The van der Waals surface area contributed by atoms with Crippen LogP contribution in [-0.2, 0) is 13.5 Å². The second-order valence-electron chi connectivity index (χ2n) is 5.10. The van der Waals surface area contributed by atoms with Gasteiger partial charge in [0.15, 0.2) is 0 Å². The van der Waals surface area contributed by atoms with Crippen molar-refractivity contribution >= 4 is 23.2 Å². The molecule has 96 valence electrons. The normalized spacial score (nSPS) is 25.9. The molecule has 2 atom stereocenters. The van der Waals surface area contributed by atoms with Crippen LogP contribution in [0.15, 0.2) is 0 Å². The summed E-state index contributed by atoms with van der Waals surface area (Å²) in [6, 6.07) is 0. The molecule has 0 bridgehead atoms. The number of aromatic nitrogens is 2.